The molecular formula is C24H18Br2ClNO2. The zero-order chi connectivity index (χ0) is 21.5. The number of ether oxygens (including phenoxy) is 2. The Morgan fingerprint density at radius 1 is 1.07 bits per heavy atom. The largest absolute Gasteiger partial charge is 0.490 e. The molecule has 0 aliphatic rings. The van der Waals surface area contributed by atoms with Gasteiger partial charge < -0.3 is 9.47 Å². The summed E-state index contributed by atoms with van der Waals surface area (Å²) in [4.78, 5) is 0. The van der Waals surface area contributed by atoms with Crippen molar-refractivity contribution < 1.29 is 9.47 Å². The molecule has 0 amide bonds. The summed E-state index contributed by atoms with van der Waals surface area (Å²) in [6.07, 6.45) is 1.83. The topological polar surface area (TPSA) is 42.2 Å². The van der Waals surface area contributed by atoms with Gasteiger partial charge in [0.15, 0.2) is 11.5 Å². The Morgan fingerprint density at radius 2 is 1.80 bits per heavy atom. The first kappa shape index (κ1) is 22.4. The van der Waals surface area contributed by atoms with Crippen LogP contribution in [0.1, 0.15) is 23.6 Å². The number of benzene rings is 3. The molecule has 0 aliphatic heterocycles. The maximum atomic E-state index is 9.63. The molecule has 0 radical (unpaired) electrons. The predicted molar refractivity (Wildman–Crippen MR) is 129 cm³/mol. The Morgan fingerprint density at radius 3 is 2.47 bits per heavy atom. The smallest absolute Gasteiger partial charge is 0.175 e. The molecule has 3 nitrogen and oxygen atoms in total. The summed E-state index contributed by atoms with van der Waals surface area (Å²) < 4.78 is 13.5. The molecule has 6 heteroatoms. The van der Waals surface area contributed by atoms with Crippen LogP contribution in [0.2, 0.25) is 5.02 Å². The maximum Gasteiger partial charge on any atom is 0.175 e. The van der Waals surface area contributed by atoms with Crippen LogP contribution < -0.4 is 9.47 Å². The number of hydrogen-bond acceptors (Lipinski definition) is 3. The number of nitrogens with zero attached hydrogens (tertiary/aromatic N) is 1. The van der Waals surface area contributed by atoms with Crippen molar-refractivity contribution in [3.8, 4) is 17.6 Å². The van der Waals surface area contributed by atoms with Gasteiger partial charge in [-0.15, -0.1) is 0 Å². The van der Waals surface area contributed by atoms with Crippen molar-refractivity contribution in [2.45, 2.75) is 13.5 Å². The Hall–Kier alpha value is -2.26. The fourth-order valence-electron chi connectivity index (χ4n) is 2.82. The summed E-state index contributed by atoms with van der Waals surface area (Å²) in [5.41, 5.74) is 3.12. The van der Waals surface area contributed by atoms with E-state index in [0.717, 1.165) is 25.6 Å². The number of nitriles is 1. The van der Waals surface area contributed by atoms with Gasteiger partial charge >= 0.3 is 0 Å². The Kier molecular flexibility index (Phi) is 7.98. The highest BCUT2D eigenvalue weighted by Crippen LogP contribution is 2.38. The molecule has 0 N–H and O–H groups in total. The highest BCUT2D eigenvalue weighted by molar-refractivity contribution is 9.10. The highest BCUT2D eigenvalue weighted by atomic mass is 79.9. The van der Waals surface area contributed by atoms with Crippen molar-refractivity contribution >= 4 is 55.1 Å². The molecule has 0 aromatic heterocycles. The van der Waals surface area contributed by atoms with Crippen LogP contribution in [0.25, 0.3) is 11.6 Å². The van der Waals surface area contributed by atoms with E-state index in [1.807, 2.05) is 73.7 Å². The third-order valence-electron chi connectivity index (χ3n) is 4.25. The summed E-state index contributed by atoms with van der Waals surface area (Å²) in [5.74, 6) is 1.19. The molecule has 3 aromatic carbocycles. The first-order valence-electron chi connectivity index (χ1n) is 9.22. The van der Waals surface area contributed by atoms with Gasteiger partial charge in [0.25, 0.3) is 0 Å². The monoisotopic (exact) mass is 545 g/mol. The molecule has 3 rings (SSSR count). The van der Waals surface area contributed by atoms with E-state index in [4.69, 9.17) is 21.1 Å². The second-order valence-electron chi connectivity index (χ2n) is 6.32. The van der Waals surface area contributed by atoms with Crippen LogP contribution in [0.15, 0.2) is 69.6 Å². The molecule has 0 atom stereocenters. The van der Waals surface area contributed by atoms with Crippen LogP contribution in [-0.4, -0.2) is 6.61 Å². The minimum absolute atomic E-state index is 0.315. The van der Waals surface area contributed by atoms with Crippen LogP contribution >= 0.6 is 43.5 Å². The van der Waals surface area contributed by atoms with Gasteiger partial charge in [-0.2, -0.15) is 5.26 Å². The number of hydrogen-bond donors (Lipinski definition) is 0. The number of allylic oxidation sites excluding steroid dienone is 1. The molecule has 0 saturated carbocycles. The van der Waals surface area contributed by atoms with Gasteiger partial charge in [-0.3, -0.25) is 0 Å². The molecule has 0 fully saturated rings. The Labute approximate surface area is 198 Å². The predicted octanol–water partition coefficient (Wildman–Crippen LogP) is 7.91. The molecule has 0 spiro atoms. The van der Waals surface area contributed by atoms with Crippen molar-refractivity contribution in [3.05, 3.63) is 91.3 Å². The second kappa shape index (κ2) is 10.7. The van der Waals surface area contributed by atoms with E-state index >= 15 is 0 Å². The van der Waals surface area contributed by atoms with Gasteiger partial charge in [0.1, 0.15) is 6.61 Å². The van der Waals surface area contributed by atoms with Crippen LogP contribution in [0, 0.1) is 11.3 Å². The average molecular weight is 548 g/mol. The van der Waals surface area contributed by atoms with E-state index in [9.17, 15) is 5.26 Å². The molecule has 0 aliphatic carbocycles. The number of halogens is 3. The fourth-order valence-corrected chi connectivity index (χ4v) is 3.84. The Bertz CT molecular complexity index is 1110. The molecule has 0 bridgehead atoms. The summed E-state index contributed by atoms with van der Waals surface area (Å²) in [6.45, 7) is 2.71. The fraction of sp³-hybridized carbons (Fsp3) is 0.125. The van der Waals surface area contributed by atoms with Crippen molar-refractivity contribution in [3.63, 3.8) is 0 Å². The van der Waals surface area contributed by atoms with E-state index < -0.39 is 0 Å². The summed E-state index contributed by atoms with van der Waals surface area (Å²) in [6, 6.07) is 21.2. The van der Waals surface area contributed by atoms with E-state index in [2.05, 4.69) is 37.9 Å². The van der Waals surface area contributed by atoms with Gasteiger partial charge in [-0.1, -0.05) is 57.9 Å². The van der Waals surface area contributed by atoms with Crippen molar-refractivity contribution in [1.82, 2.24) is 0 Å². The van der Waals surface area contributed by atoms with Gasteiger partial charge in [0, 0.05) is 15.1 Å². The zero-order valence-electron chi connectivity index (χ0n) is 16.2. The van der Waals surface area contributed by atoms with Gasteiger partial charge in [-0.05, 0) is 70.4 Å². The van der Waals surface area contributed by atoms with Crippen LogP contribution in [0.5, 0.6) is 11.5 Å². The minimum atomic E-state index is 0.315. The van der Waals surface area contributed by atoms with E-state index in [0.29, 0.717) is 35.3 Å². The summed E-state index contributed by atoms with van der Waals surface area (Å²) in [7, 11) is 0. The molecule has 0 unspecified atom stereocenters. The Balaban J connectivity index is 1.93. The average Bonchev–Trinajstić information content (AvgIpc) is 2.73. The molecule has 0 saturated heterocycles. The molecule has 3 aromatic rings. The number of rotatable bonds is 7. The van der Waals surface area contributed by atoms with E-state index in [1.54, 1.807) is 0 Å². The lowest BCUT2D eigenvalue weighted by Gasteiger charge is -2.15. The lowest BCUT2D eigenvalue weighted by Crippen LogP contribution is -2.01. The SMILES string of the molecule is CCOc1cc(/C=C(/C#N)c2ccc(Br)cc2)cc(Br)c1OCc1ccccc1Cl. The second-order valence-corrected chi connectivity index (χ2v) is 8.50. The standard InChI is InChI=1S/C24H18Br2ClNO2/c1-2-29-23-13-16(11-19(14-28)17-7-9-20(25)10-8-17)12-21(26)24(23)30-15-18-5-3-4-6-22(18)27/h3-13H,2,15H2,1H3/b19-11-. The van der Waals surface area contributed by atoms with Gasteiger partial charge in [0.2, 0.25) is 0 Å². The lowest BCUT2D eigenvalue weighted by molar-refractivity contribution is 0.267. The van der Waals surface area contributed by atoms with Gasteiger partial charge in [0.05, 0.1) is 22.7 Å². The van der Waals surface area contributed by atoms with Crippen molar-refractivity contribution in [2.75, 3.05) is 6.61 Å². The van der Waals surface area contributed by atoms with Crippen molar-refractivity contribution in [2.24, 2.45) is 0 Å². The zero-order valence-corrected chi connectivity index (χ0v) is 20.1. The molecule has 0 heterocycles. The van der Waals surface area contributed by atoms with Gasteiger partial charge in [-0.25, -0.2) is 0 Å². The van der Waals surface area contributed by atoms with Crippen molar-refractivity contribution in [1.29, 1.82) is 5.26 Å². The molecular weight excluding hydrogens is 530 g/mol. The van der Waals surface area contributed by atoms with Crippen LogP contribution in [-0.2, 0) is 6.61 Å². The molecule has 152 valence electrons. The lowest BCUT2D eigenvalue weighted by atomic mass is 10.0. The first-order chi connectivity index (χ1) is 14.5. The summed E-state index contributed by atoms with van der Waals surface area (Å²) in [5, 5.41) is 10.3. The minimum Gasteiger partial charge on any atom is -0.490 e. The normalized spacial score (nSPS) is 11.1. The van der Waals surface area contributed by atoms with E-state index in [1.165, 1.54) is 0 Å². The third kappa shape index (κ3) is 5.66. The van der Waals surface area contributed by atoms with Crippen LogP contribution in [0.3, 0.4) is 0 Å². The first-order valence-corrected chi connectivity index (χ1v) is 11.2. The maximum absolute atomic E-state index is 9.63. The third-order valence-corrected chi connectivity index (χ3v) is 5.73. The summed E-state index contributed by atoms with van der Waals surface area (Å²) >= 11 is 13.2. The quantitative estimate of drug-likeness (QED) is 0.223. The van der Waals surface area contributed by atoms with E-state index in [-0.39, 0.29) is 0 Å². The molecule has 30 heavy (non-hydrogen) atoms. The highest BCUT2D eigenvalue weighted by Gasteiger charge is 2.13. The van der Waals surface area contributed by atoms with Crippen LogP contribution in [0.4, 0.5) is 0 Å².